The van der Waals surface area contributed by atoms with Gasteiger partial charge >= 0.3 is 0 Å². The number of ether oxygens (including phenoxy) is 2. The minimum Gasteiger partial charge on any atom is -0.494 e. The van der Waals surface area contributed by atoms with Crippen LogP contribution in [-0.2, 0) is 10.0 Å². The van der Waals surface area contributed by atoms with Gasteiger partial charge in [-0.15, -0.1) is 0 Å². The van der Waals surface area contributed by atoms with E-state index >= 15 is 0 Å². The SMILES string of the molecule is CCOc1ccc(NC(=O)c2cc(S(=O)(=O)Nc3ccc(OCC)cc3)ccc2Cl)cc1. The molecule has 0 aliphatic carbocycles. The van der Waals surface area contributed by atoms with Crippen molar-refractivity contribution in [1.82, 2.24) is 0 Å². The minimum atomic E-state index is -3.94. The van der Waals surface area contributed by atoms with Gasteiger partial charge in [0.2, 0.25) is 0 Å². The molecule has 32 heavy (non-hydrogen) atoms. The summed E-state index contributed by atoms with van der Waals surface area (Å²) in [6.07, 6.45) is 0. The van der Waals surface area contributed by atoms with Gasteiger partial charge in [-0.25, -0.2) is 8.42 Å². The molecule has 0 aliphatic rings. The van der Waals surface area contributed by atoms with Crippen molar-refractivity contribution in [3.63, 3.8) is 0 Å². The second-order valence-electron chi connectivity index (χ2n) is 6.62. The van der Waals surface area contributed by atoms with Gasteiger partial charge in [-0.3, -0.25) is 9.52 Å². The number of halogens is 1. The first-order valence-electron chi connectivity index (χ1n) is 9.92. The number of amides is 1. The first-order valence-corrected chi connectivity index (χ1v) is 11.8. The number of nitrogens with one attached hydrogen (secondary N) is 2. The molecule has 3 aromatic rings. The van der Waals surface area contributed by atoms with Gasteiger partial charge in [0.15, 0.2) is 0 Å². The number of hydrogen-bond acceptors (Lipinski definition) is 5. The van der Waals surface area contributed by atoms with E-state index in [1.165, 1.54) is 18.2 Å². The molecule has 0 aromatic heterocycles. The van der Waals surface area contributed by atoms with Crippen LogP contribution in [0.15, 0.2) is 71.6 Å². The van der Waals surface area contributed by atoms with Gasteiger partial charge in [0.1, 0.15) is 11.5 Å². The third-order valence-electron chi connectivity index (χ3n) is 4.33. The lowest BCUT2D eigenvalue weighted by molar-refractivity contribution is 0.102. The summed E-state index contributed by atoms with van der Waals surface area (Å²) >= 11 is 6.17. The van der Waals surface area contributed by atoms with E-state index in [1.807, 2.05) is 13.8 Å². The van der Waals surface area contributed by atoms with Crippen molar-refractivity contribution in [1.29, 1.82) is 0 Å². The average molecular weight is 475 g/mol. The zero-order chi connectivity index (χ0) is 23.1. The average Bonchev–Trinajstić information content (AvgIpc) is 2.77. The summed E-state index contributed by atoms with van der Waals surface area (Å²) < 4.78 is 38.9. The summed E-state index contributed by atoms with van der Waals surface area (Å²) in [6, 6.07) is 17.3. The minimum absolute atomic E-state index is 0.0371. The molecule has 0 saturated carbocycles. The molecule has 2 N–H and O–H groups in total. The highest BCUT2D eigenvalue weighted by molar-refractivity contribution is 7.92. The Morgan fingerprint density at radius 3 is 1.91 bits per heavy atom. The third kappa shape index (κ3) is 5.93. The first-order chi connectivity index (χ1) is 15.3. The molecule has 0 aliphatic heterocycles. The van der Waals surface area contributed by atoms with Crippen LogP contribution in [0, 0.1) is 0 Å². The van der Waals surface area contributed by atoms with E-state index in [9.17, 15) is 13.2 Å². The normalized spacial score (nSPS) is 11.0. The lowest BCUT2D eigenvalue weighted by Crippen LogP contribution is -2.16. The summed E-state index contributed by atoms with van der Waals surface area (Å²) in [5.41, 5.74) is 0.925. The van der Waals surface area contributed by atoms with Gasteiger partial charge in [0, 0.05) is 11.4 Å². The zero-order valence-electron chi connectivity index (χ0n) is 17.6. The fraction of sp³-hybridized carbons (Fsp3) is 0.174. The topological polar surface area (TPSA) is 93.7 Å². The summed E-state index contributed by atoms with van der Waals surface area (Å²) in [7, 11) is -3.94. The van der Waals surface area contributed by atoms with Gasteiger partial charge in [0.05, 0.1) is 28.7 Å². The molecule has 0 saturated heterocycles. The van der Waals surface area contributed by atoms with Gasteiger partial charge in [-0.1, -0.05) is 11.6 Å². The zero-order valence-corrected chi connectivity index (χ0v) is 19.2. The Balaban J connectivity index is 1.78. The molecule has 3 rings (SSSR count). The Labute approximate surface area is 192 Å². The van der Waals surface area contributed by atoms with E-state index in [1.54, 1.807) is 48.5 Å². The van der Waals surface area contributed by atoms with E-state index < -0.39 is 15.9 Å². The molecular weight excluding hydrogens is 452 g/mol. The number of sulfonamides is 1. The predicted octanol–water partition coefficient (Wildman–Crippen LogP) is 5.19. The van der Waals surface area contributed by atoms with Crippen LogP contribution < -0.4 is 19.5 Å². The van der Waals surface area contributed by atoms with Crippen molar-refractivity contribution >= 4 is 38.9 Å². The molecule has 3 aromatic carbocycles. The van der Waals surface area contributed by atoms with Crippen molar-refractivity contribution in [3.05, 3.63) is 77.3 Å². The van der Waals surface area contributed by atoms with Crippen LogP contribution in [0.1, 0.15) is 24.2 Å². The van der Waals surface area contributed by atoms with E-state index in [2.05, 4.69) is 10.0 Å². The van der Waals surface area contributed by atoms with Crippen LogP contribution in [-0.4, -0.2) is 27.5 Å². The molecule has 0 atom stereocenters. The number of benzene rings is 3. The molecule has 0 spiro atoms. The van der Waals surface area contributed by atoms with Crippen LogP contribution >= 0.6 is 11.6 Å². The first kappa shape index (κ1) is 23.4. The Kier molecular flexibility index (Phi) is 7.61. The summed E-state index contributed by atoms with van der Waals surface area (Å²) in [5, 5.41) is 2.84. The van der Waals surface area contributed by atoms with Crippen molar-refractivity contribution in [2.75, 3.05) is 23.3 Å². The van der Waals surface area contributed by atoms with Crippen LogP contribution in [0.2, 0.25) is 5.02 Å². The summed E-state index contributed by atoms with van der Waals surface area (Å²) in [5.74, 6) is 0.782. The smallest absolute Gasteiger partial charge is 0.261 e. The molecule has 0 fully saturated rings. The molecule has 7 nitrogen and oxygen atoms in total. The molecule has 1 amide bonds. The molecule has 0 heterocycles. The fourth-order valence-electron chi connectivity index (χ4n) is 2.85. The monoisotopic (exact) mass is 474 g/mol. The third-order valence-corrected chi connectivity index (χ3v) is 6.04. The van der Waals surface area contributed by atoms with Gasteiger partial charge < -0.3 is 14.8 Å². The Morgan fingerprint density at radius 1 is 0.844 bits per heavy atom. The van der Waals surface area contributed by atoms with Gasteiger partial charge in [-0.05, 0) is 80.6 Å². The predicted molar refractivity (Wildman–Crippen MR) is 125 cm³/mol. The number of hydrogen-bond donors (Lipinski definition) is 2. The standard InChI is InChI=1S/C23H23ClN2O5S/c1-3-30-18-9-5-16(6-10-18)25-23(27)21-15-20(13-14-22(21)24)32(28,29)26-17-7-11-19(12-8-17)31-4-2/h5-15,26H,3-4H2,1-2H3,(H,25,27). The Bertz CT molecular complexity index is 1180. The molecule has 0 radical (unpaired) electrons. The molecule has 0 unspecified atom stereocenters. The molecule has 9 heteroatoms. The maximum absolute atomic E-state index is 12.8. The molecular formula is C23H23ClN2O5S. The highest BCUT2D eigenvalue weighted by Crippen LogP contribution is 2.25. The van der Waals surface area contributed by atoms with Crippen LogP contribution in [0.3, 0.4) is 0 Å². The van der Waals surface area contributed by atoms with Crippen LogP contribution in [0.5, 0.6) is 11.5 Å². The van der Waals surface area contributed by atoms with Gasteiger partial charge in [0.25, 0.3) is 15.9 Å². The lowest BCUT2D eigenvalue weighted by atomic mass is 10.2. The van der Waals surface area contributed by atoms with Crippen molar-refractivity contribution in [2.45, 2.75) is 18.7 Å². The summed E-state index contributed by atoms with van der Waals surface area (Å²) in [6.45, 7) is 4.79. The van der Waals surface area contributed by atoms with Crippen molar-refractivity contribution < 1.29 is 22.7 Å². The van der Waals surface area contributed by atoms with E-state index in [0.29, 0.717) is 36.1 Å². The van der Waals surface area contributed by atoms with Gasteiger partial charge in [-0.2, -0.15) is 0 Å². The number of carbonyl (C=O) groups excluding carboxylic acids is 1. The second-order valence-corrected chi connectivity index (χ2v) is 8.71. The maximum Gasteiger partial charge on any atom is 0.261 e. The Morgan fingerprint density at radius 2 is 1.38 bits per heavy atom. The van der Waals surface area contributed by atoms with E-state index in [4.69, 9.17) is 21.1 Å². The largest absolute Gasteiger partial charge is 0.494 e. The maximum atomic E-state index is 12.8. The van der Waals surface area contributed by atoms with E-state index in [0.717, 1.165) is 0 Å². The highest BCUT2D eigenvalue weighted by atomic mass is 35.5. The lowest BCUT2D eigenvalue weighted by Gasteiger charge is -2.12. The van der Waals surface area contributed by atoms with E-state index in [-0.39, 0.29) is 15.5 Å². The number of carbonyl (C=O) groups is 1. The second kappa shape index (κ2) is 10.4. The fourth-order valence-corrected chi connectivity index (χ4v) is 4.13. The van der Waals surface area contributed by atoms with Crippen LogP contribution in [0.4, 0.5) is 11.4 Å². The quantitative estimate of drug-likeness (QED) is 0.445. The Hall–Kier alpha value is -3.23. The number of rotatable bonds is 9. The summed E-state index contributed by atoms with van der Waals surface area (Å²) in [4.78, 5) is 12.6. The van der Waals surface area contributed by atoms with Crippen molar-refractivity contribution in [2.24, 2.45) is 0 Å². The molecule has 168 valence electrons. The van der Waals surface area contributed by atoms with Crippen molar-refractivity contribution in [3.8, 4) is 11.5 Å². The number of anilines is 2. The van der Waals surface area contributed by atoms with Crippen LogP contribution in [0.25, 0.3) is 0 Å². The highest BCUT2D eigenvalue weighted by Gasteiger charge is 2.19. The molecule has 0 bridgehead atoms.